The normalized spacial score (nSPS) is 11.9. The summed E-state index contributed by atoms with van der Waals surface area (Å²) in [5.41, 5.74) is 2.36. The maximum absolute atomic E-state index is 5.16. The van der Waals surface area contributed by atoms with E-state index in [4.69, 9.17) is 9.47 Å². The van der Waals surface area contributed by atoms with Gasteiger partial charge in [-0.05, 0) is 30.2 Å². The van der Waals surface area contributed by atoms with Crippen LogP contribution in [0.4, 0.5) is 0 Å². The number of hydrogen-bond donors (Lipinski definition) is 1. The van der Waals surface area contributed by atoms with Gasteiger partial charge in [0.2, 0.25) is 5.88 Å². The van der Waals surface area contributed by atoms with E-state index in [9.17, 15) is 0 Å². The van der Waals surface area contributed by atoms with Crippen molar-refractivity contribution in [2.75, 3.05) is 14.2 Å². The average molecular weight is 272 g/mol. The van der Waals surface area contributed by atoms with E-state index in [0.717, 1.165) is 17.9 Å². The van der Waals surface area contributed by atoms with Crippen molar-refractivity contribution >= 4 is 0 Å². The molecule has 0 saturated carbocycles. The van der Waals surface area contributed by atoms with E-state index in [2.05, 4.69) is 29.4 Å². The third-order valence-corrected chi connectivity index (χ3v) is 3.23. The van der Waals surface area contributed by atoms with Gasteiger partial charge >= 0.3 is 0 Å². The molecule has 2 rings (SSSR count). The highest BCUT2D eigenvalue weighted by molar-refractivity contribution is 5.29. The predicted molar refractivity (Wildman–Crippen MR) is 79.0 cm³/mol. The van der Waals surface area contributed by atoms with Crippen LogP contribution in [-0.4, -0.2) is 19.2 Å². The second-order valence-electron chi connectivity index (χ2n) is 4.58. The van der Waals surface area contributed by atoms with Crippen molar-refractivity contribution < 1.29 is 9.47 Å². The minimum absolute atomic E-state index is 0.267. The fraction of sp³-hybridized carbons (Fsp3) is 0.312. The first kappa shape index (κ1) is 14.3. The Labute approximate surface area is 119 Å². The van der Waals surface area contributed by atoms with Gasteiger partial charge < -0.3 is 14.8 Å². The SMILES string of the molecule is COc1ccc([C@H](C)NCc2ccc(OC)nc2)cc1. The van der Waals surface area contributed by atoms with Crippen LogP contribution in [0.3, 0.4) is 0 Å². The molecule has 0 spiro atoms. The molecular weight excluding hydrogens is 252 g/mol. The fourth-order valence-electron chi connectivity index (χ4n) is 1.92. The van der Waals surface area contributed by atoms with Crippen molar-refractivity contribution in [3.63, 3.8) is 0 Å². The number of pyridine rings is 1. The number of nitrogens with zero attached hydrogens (tertiary/aromatic N) is 1. The lowest BCUT2D eigenvalue weighted by Gasteiger charge is -2.14. The van der Waals surface area contributed by atoms with Gasteiger partial charge in [-0.15, -0.1) is 0 Å². The van der Waals surface area contributed by atoms with Gasteiger partial charge in [0.05, 0.1) is 14.2 Å². The van der Waals surface area contributed by atoms with Crippen LogP contribution in [0, 0.1) is 0 Å². The zero-order valence-electron chi connectivity index (χ0n) is 12.1. The number of methoxy groups -OCH3 is 2. The van der Waals surface area contributed by atoms with Crippen LogP contribution in [0.2, 0.25) is 0 Å². The summed E-state index contributed by atoms with van der Waals surface area (Å²) in [5.74, 6) is 1.51. The molecular formula is C16H20N2O2. The summed E-state index contributed by atoms with van der Waals surface area (Å²) in [5, 5.41) is 3.47. The number of benzene rings is 1. The summed E-state index contributed by atoms with van der Waals surface area (Å²) in [6, 6.07) is 12.2. The molecule has 4 nitrogen and oxygen atoms in total. The van der Waals surface area contributed by atoms with Crippen molar-refractivity contribution in [3.05, 3.63) is 53.7 Å². The maximum Gasteiger partial charge on any atom is 0.212 e. The molecule has 0 fully saturated rings. The maximum atomic E-state index is 5.16. The Kier molecular flexibility index (Phi) is 4.96. The molecule has 0 radical (unpaired) electrons. The third-order valence-electron chi connectivity index (χ3n) is 3.23. The number of hydrogen-bond acceptors (Lipinski definition) is 4. The Hall–Kier alpha value is -2.07. The zero-order chi connectivity index (χ0) is 14.4. The number of rotatable bonds is 6. The van der Waals surface area contributed by atoms with E-state index in [0.29, 0.717) is 5.88 Å². The second kappa shape index (κ2) is 6.91. The topological polar surface area (TPSA) is 43.4 Å². The van der Waals surface area contributed by atoms with Gasteiger partial charge in [-0.25, -0.2) is 4.98 Å². The van der Waals surface area contributed by atoms with Crippen molar-refractivity contribution in [2.24, 2.45) is 0 Å². The summed E-state index contributed by atoms with van der Waals surface area (Å²) < 4.78 is 10.2. The highest BCUT2D eigenvalue weighted by Crippen LogP contribution is 2.17. The average Bonchev–Trinajstić information content (AvgIpc) is 2.53. The van der Waals surface area contributed by atoms with Gasteiger partial charge in [0.15, 0.2) is 0 Å². The number of ether oxygens (including phenoxy) is 2. The van der Waals surface area contributed by atoms with Crippen LogP contribution in [0.1, 0.15) is 24.1 Å². The summed E-state index contributed by atoms with van der Waals surface area (Å²) in [6.45, 7) is 2.91. The molecule has 1 heterocycles. The Morgan fingerprint density at radius 3 is 2.35 bits per heavy atom. The van der Waals surface area contributed by atoms with Gasteiger partial charge in [0, 0.05) is 24.8 Å². The smallest absolute Gasteiger partial charge is 0.212 e. The van der Waals surface area contributed by atoms with Crippen LogP contribution in [0.5, 0.6) is 11.6 Å². The molecule has 1 aromatic carbocycles. The predicted octanol–water partition coefficient (Wildman–Crippen LogP) is 2.95. The first-order valence-electron chi connectivity index (χ1n) is 6.59. The van der Waals surface area contributed by atoms with Crippen LogP contribution in [0.15, 0.2) is 42.6 Å². The molecule has 0 amide bonds. The molecule has 1 atom stereocenters. The molecule has 0 aliphatic rings. The van der Waals surface area contributed by atoms with Gasteiger partial charge in [0.25, 0.3) is 0 Å². The van der Waals surface area contributed by atoms with Gasteiger partial charge in [-0.2, -0.15) is 0 Å². The molecule has 2 aromatic rings. The van der Waals surface area contributed by atoms with Gasteiger partial charge in [0.1, 0.15) is 5.75 Å². The Morgan fingerprint density at radius 1 is 1.05 bits per heavy atom. The largest absolute Gasteiger partial charge is 0.497 e. The lowest BCUT2D eigenvalue weighted by molar-refractivity contribution is 0.397. The van der Waals surface area contributed by atoms with E-state index in [1.165, 1.54) is 5.56 Å². The Bertz CT molecular complexity index is 523. The van der Waals surface area contributed by atoms with Gasteiger partial charge in [-0.3, -0.25) is 0 Å². The molecule has 0 saturated heterocycles. The lowest BCUT2D eigenvalue weighted by atomic mass is 10.1. The first-order chi connectivity index (χ1) is 9.72. The highest BCUT2D eigenvalue weighted by Gasteiger charge is 2.05. The first-order valence-corrected chi connectivity index (χ1v) is 6.59. The molecule has 1 N–H and O–H groups in total. The molecule has 106 valence electrons. The van der Waals surface area contributed by atoms with E-state index >= 15 is 0 Å². The molecule has 0 aliphatic heterocycles. The molecule has 1 aromatic heterocycles. The Balaban J connectivity index is 1.91. The zero-order valence-corrected chi connectivity index (χ0v) is 12.1. The third kappa shape index (κ3) is 3.71. The molecule has 0 unspecified atom stereocenters. The van der Waals surface area contributed by atoms with Crippen LogP contribution >= 0.6 is 0 Å². The van der Waals surface area contributed by atoms with Crippen LogP contribution in [-0.2, 0) is 6.54 Å². The number of nitrogens with one attached hydrogen (secondary N) is 1. The second-order valence-corrected chi connectivity index (χ2v) is 4.58. The highest BCUT2D eigenvalue weighted by atomic mass is 16.5. The molecule has 0 bridgehead atoms. The number of aromatic nitrogens is 1. The van der Waals surface area contributed by atoms with E-state index < -0.39 is 0 Å². The van der Waals surface area contributed by atoms with E-state index in [-0.39, 0.29) is 6.04 Å². The van der Waals surface area contributed by atoms with Crippen molar-refractivity contribution in [3.8, 4) is 11.6 Å². The monoisotopic (exact) mass is 272 g/mol. The summed E-state index contributed by atoms with van der Waals surface area (Å²) in [7, 11) is 3.29. The Morgan fingerprint density at radius 2 is 1.80 bits per heavy atom. The van der Waals surface area contributed by atoms with Crippen molar-refractivity contribution in [2.45, 2.75) is 19.5 Å². The standard InChI is InChI=1S/C16H20N2O2/c1-12(14-5-7-15(19-2)8-6-14)17-10-13-4-9-16(20-3)18-11-13/h4-9,11-12,17H,10H2,1-3H3/t12-/m0/s1. The quantitative estimate of drug-likeness (QED) is 0.878. The van der Waals surface area contributed by atoms with Crippen LogP contribution < -0.4 is 14.8 Å². The van der Waals surface area contributed by atoms with Gasteiger partial charge in [-0.1, -0.05) is 18.2 Å². The van der Waals surface area contributed by atoms with Crippen molar-refractivity contribution in [1.29, 1.82) is 0 Å². The minimum Gasteiger partial charge on any atom is -0.497 e. The van der Waals surface area contributed by atoms with Crippen LogP contribution in [0.25, 0.3) is 0 Å². The summed E-state index contributed by atoms with van der Waals surface area (Å²) in [6.07, 6.45) is 1.83. The lowest BCUT2D eigenvalue weighted by Crippen LogP contribution is -2.18. The van der Waals surface area contributed by atoms with E-state index in [1.54, 1.807) is 14.2 Å². The fourth-order valence-corrected chi connectivity index (χ4v) is 1.92. The molecule has 4 heteroatoms. The summed E-state index contributed by atoms with van der Waals surface area (Å²) >= 11 is 0. The minimum atomic E-state index is 0.267. The van der Waals surface area contributed by atoms with E-state index in [1.807, 2.05) is 30.5 Å². The molecule has 20 heavy (non-hydrogen) atoms. The van der Waals surface area contributed by atoms with Crippen molar-refractivity contribution in [1.82, 2.24) is 10.3 Å². The molecule has 0 aliphatic carbocycles. The summed E-state index contributed by atoms with van der Waals surface area (Å²) in [4.78, 5) is 4.19.